The second-order valence-electron chi connectivity index (χ2n) is 3.46. The van der Waals surface area contributed by atoms with Crippen LogP contribution in [-0.2, 0) is 15.7 Å². The monoisotopic (exact) mass is 307 g/mol. The van der Waals surface area contributed by atoms with E-state index in [2.05, 4.69) is 10.1 Å². The molecule has 0 aliphatic rings. The van der Waals surface area contributed by atoms with Gasteiger partial charge >= 0.3 is 0 Å². The van der Waals surface area contributed by atoms with Crippen molar-refractivity contribution < 1.29 is 13.2 Å². The second kappa shape index (κ2) is 4.87. The number of alkyl halides is 1. The molecule has 0 amide bonds. The first kappa shape index (κ1) is 13.3. The van der Waals surface area contributed by atoms with Crippen LogP contribution in [-0.4, -0.2) is 36.5 Å². The summed E-state index contributed by atoms with van der Waals surface area (Å²) in [6.07, 6.45) is 3.80. The Bertz CT molecular complexity index is 662. The van der Waals surface area contributed by atoms with Crippen LogP contribution in [0.25, 0.3) is 5.82 Å². The minimum absolute atomic E-state index is 0.134. The lowest BCUT2D eigenvalue weighted by Gasteiger charge is -1.97. The summed E-state index contributed by atoms with van der Waals surface area (Å²) in [6, 6.07) is 0. The van der Waals surface area contributed by atoms with E-state index >= 15 is 0 Å². The van der Waals surface area contributed by atoms with Gasteiger partial charge in [-0.15, -0.1) is 11.6 Å². The Balaban J connectivity index is 2.48. The summed E-state index contributed by atoms with van der Waals surface area (Å²) in [5.41, 5.74) is 0. The van der Waals surface area contributed by atoms with Crippen molar-refractivity contribution in [2.24, 2.45) is 0 Å². The number of methoxy groups -OCH3 is 1. The molecule has 2 heterocycles. The molecule has 0 atom stereocenters. The molecule has 0 unspecified atom stereocenters. The molecule has 0 saturated carbocycles. The van der Waals surface area contributed by atoms with E-state index in [9.17, 15) is 8.42 Å². The molecule has 6 nitrogen and oxygen atoms in total. The lowest BCUT2D eigenvalue weighted by atomic mass is 10.5. The van der Waals surface area contributed by atoms with E-state index in [4.69, 9.17) is 16.3 Å². The summed E-state index contributed by atoms with van der Waals surface area (Å²) in [5.74, 6) is 0.742. The van der Waals surface area contributed by atoms with Gasteiger partial charge in [-0.05, 0) is 0 Å². The van der Waals surface area contributed by atoms with Crippen LogP contribution in [0.1, 0.15) is 4.88 Å². The zero-order valence-electron chi connectivity index (χ0n) is 9.62. The van der Waals surface area contributed by atoms with Crippen LogP contribution in [0.3, 0.4) is 0 Å². The van der Waals surface area contributed by atoms with Crippen molar-refractivity contribution in [3.63, 3.8) is 0 Å². The van der Waals surface area contributed by atoms with Gasteiger partial charge in [0, 0.05) is 6.26 Å². The van der Waals surface area contributed by atoms with Gasteiger partial charge in [0.2, 0.25) is 0 Å². The molecule has 0 fully saturated rings. The van der Waals surface area contributed by atoms with E-state index in [-0.39, 0.29) is 10.8 Å². The minimum Gasteiger partial charge on any atom is -0.473 e. The quantitative estimate of drug-likeness (QED) is 0.800. The van der Waals surface area contributed by atoms with Crippen LogP contribution in [0.4, 0.5) is 0 Å². The third-order valence-electron chi connectivity index (χ3n) is 2.16. The van der Waals surface area contributed by atoms with Crippen molar-refractivity contribution >= 4 is 32.8 Å². The van der Waals surface area contributed by atoms with Crippen LogP contribution < -0.4 is 4.74 Å². The predicted molar refractivity (Wildman–Crippen MR) is 68.5 cm³/mol. The van der Waals surface area contributed by atoms with Gasteiger partial charge in [0.05, 0.1) is 30.3 Å². The van der Waals surface area contributed by atoms with Crippen molar-refractivity contribution in [2.75, 3.05) is 13.4 Å². The molecular weight excluding hydrogens is 298 g/mol. The molecule has 2 aromatic heterocycles. The highest BCUT2D eigenvalue weighted by Crippen LogP contribution is 2.28. The molecule has 98 valence electrons. The van der Waals surface area contributed by atoms with E-state index in [1.165, 1.54) is 35.5 Å². The maximum atomic E-state index is 11.4. The van der Waals surface area contributed by atoms with Gasteiger partial charge in [0.15, 0.2) is 15.7 Å². The molecule has 0 spiro atoms. The number of hydrogen-bond donors (Lipinski definition) is 0. The Hall–Kier alpha value is -1.12. The number of thiazole rings is 1. The first-order valence-corrected chi connectivity index (χ1v) is 8.04. The second-order valence-corrected chi connectivity index (χ2v) is 6.79. The van der Waals surface area contributed by atoms with Crippen molar-refractivity contribution in [3.8, 4) is 11.0 Å². The largest absolute Gasteiger partial charge is 0.473 e. The zero-order chi connectivity index (χ0) is 13.3. The van der Waals surface area contributed by atoms with Crippen LogP contribution in [0.15, 0.2) is 17.3 Å². The minimum atomic E-state index is -3.28. The Morgan fingerprint density at radius 1 is 1.56 bits per heavy atom. The fraction of sp³-hybridized carbons (Fsp3) is 0.333. The molecule has 0 aliphatic heterocycles. The highest BCUT2D eigenvalue weighted by Gasteiger charge is 2.16. The number of halogens is 1. The summed E-state index contributed by atoms with van der Waals surface area (Å²) in [6.45, 7) is 0. The summed E-state index contributed by atoms with van der Waals surface area (Å²) < 4.78 is 29.1. The van der Waals surface area contributed by atoms with Crippen LogP contribution in [0.5, 0.6) is 5.19 Å². The number of rotatable bonds is 4. The molecule has 0 radical (unpaired) electrons. The molecule has 2 rings (SSSR count). The Morgan fingerprint density at radius 3 is 2.78 bits per heavy atom. The maximum Gasteiger partial charge on any atom is 0.275 e. The smallest absolute Gasteiger partial charge is 0.275 e. The van der Waals surface area contributed by atoms with E-state index in [0.717, 1.165) is 11.1 Å². The summed E-state index contributed by atoms with van der Waals surface area (Å²) >= 11 is 7.10. The molecule has 2 aromatic rings. The molecule has 0 bridgehead atoms. The number of nitrogens with zero attached hydrogens (tertiary/aromatic N) is 3. The molecular formula is C9H10ClN3O3S2. The summed E-state index contributed by atoms with van der Waals surface area (Å²) in [4.78, 5) is 5.08. The molecule has 0 aromatic carbocycles. The SMILES string of the molecule is COc1nc(-n2cc(S(C)(=O)=O)cn2)c(CCl)s1. The van der Waals surface area contributed by atoms with Crippen molar-refractivity contribution in [1.82, 2.24) is 14.8 Å². The molecule has 0 aliphatic carbocycles. The Morgan fingerprint density at radius 2 is 2.28 bits per heavy atom. The maximum absolute atomic E-state index is 11.4. The number of aromatic nitrogens is 3. The first-order valence-electron chi connectivity index (χ1n) is 4.80. The van der Waals surface area contributed by atoms with E-state index in [1.807, 2.05) is 0 Å². The lowest BCUT2D eigenvalue weighted by Crippen LogP contribution is -1.99. The third-order valence-corrected chi connectivity index (χ3v) is 4.66. The fourth-order valence-electron chi connectivity index (χ4n) is 1.29. The van der Waals surface area contributed by atoms with Gasteiger partial charge in [-0.25, -0.2) is 13.1 Å². The zero-order valence-corrected chi connectivity index (χ0v) is 12.0. The molecule has 0 saturated heterocycles. The van der Waals surface area contributed by atoms with E-state index in [1.54, 1.807) is 0 Å². The summed E-state index contributed by atoms with van der Waals surface area (Å²) in [5, 5.41) is 4.43. The number of hydrogen-bond acceptors (Lipinski definition) is 6. The van der Waals surface area contributed by atoms with Crippen LogP contribution in [0, 0.1) is 0 Å². The average molecular weight is 308 g/mol. The third kappa shape index (κ3) is 2.50. The van der Waals surface area contributed by atoms with Gasteiger partial charge in [-0.2, -0.15) is 10.1 Å². The van der Waals surface area contributed by atoms with Gasteiger partial charge in [0.1, 0.15) is 4.90 Å². The van der Waals surface area contributed by atoms with Crippen molar-refractivity contribution in [2.45, 2.75) is 10.8 Å². The first-order chi connectivity index (χ1) is 8.45. The van der Waals surface area contributed by atoms with Gasteiger partial charge in [0.25, 0.3) is 5.19 Å². The molecule has 9 heteroatoms. The van der Waals surface area contributed by atoms with Gasteiger partial charge in [-0.1, -0.05) is 11.3 Å². The van der Waals surface area contributed by atoms with Crippen molar-refractivity contribution in [3.05, 3.63) is 17.3 Å². The Labute approximate surface area is 113 Å². The fourth-order valence-corrected chi connectivity index (χ4v) is 2.81. The molecule has 18 heavy (non-hydrogen) atoms. The van der Waals surface area contributed by atoms with E-state index < -0.39 is 9.84 Å². The van der Waals surface area contributed by atoms with E-state index in [0.29, 0.717) is 11.0 Å². The van der Waals surface area contributed by atoms with Crippen molar-refractivity contribution in [1.29, 1.82) is 0 Å². The molecule has 0 N–H and O–H groups in total. The standard InChI is InChI=1S/C9H10ClN3O3S2/c1-16-9-12-8(7(3-10)17-9)13-5-6(4-11-13)18(2,14)15/h4-5H,3H2,1-2H3. The topological polar surface area (TPSA) is 74.1 Å². The highest BCUT2D eigenvalue weighted by atomic mass is 35.5. The average Bonchev–Trinajstić information content (AvgIpc) is 2.94. The normalized spacial score (nSPS) is 11.7. The lowest BCUT2D eigenvalue weighted by molar-refractivity contribution is 0.411. The summed E-state index contributed by atoms with van der Waals surface area (Å²) in [7, 11) is -1.77. The van der Waals surface area contributed by atoms with Crippen LogP contribution in [0.2, 0.25) is 0 Å². The number of sulfone groups is 1. The highest BCUT2D eigenvalue weighted by molar-refractivity contribution is 7.90. The van der Waals surface area contributed by atoms with Gasteiger partial charge in [-0.3, -0.25) is 0 Å². The van der Waals surface area contributed by atoms with Crippen LogP contribution >= 0.6 is 22.9 Å². The number of ether oxygens (including phenoxy) is 1. The van der Waals surface area contributed by atoms with Gasteiger partial charge < -0.3 is 4.74 Å². The Kier molecular flexibility index (Phi) is 3.60. The predicted octanol–water partition coefficient (Wildman–Crippen LogP) is 1.48.